The van der Waals surface area contributed by atoms with Gasteiger partial charge in [0.15, 0.2) is 0 Å². The van der Waals surface area contributed by atoms with Gasteiger partial charge in [0.1, 0.15) is 0 Å². The lowest BCUT2D eigenvalue weighted by molar-refractivity contribution is 0.0944. The highest BCUT2D eigenvalue weighted by Crippen LogP contribution is 2.09. The Morgan fingerprint density at radius 3 is 3.00 bits per heavy atom. The van der Waals surface area contributed by atoms with E-state index in [1.807, 2.05) is 6.92 Å². The van der Waals surface area contributed by atoms with Gasteiger partial charge in [-0.2, -0.15) is 0 Å². The van der Waals surface area contributed by atoms with E-state index in [9.17, 15) is 4.79 Å². The number of hydrogen-bond donors (Lipinski definition) is 3. The van der Waals surface area contributed by atoms with Crippen LogP contribution in [-0.2, 0) is 0 Å². The first-order valence-electron chi connectivity index (χ1n) is 5.65. The maximum absolute atomic E-state index is 11.9. The molecule has 0 aliphatic rings. The molecule has 0 aliphatic heterocycles. The summed E-state index contributed by atoms with van der Waals surface area (Å²) < 4.78 is 0. The van der Waals surface area contributed by atoms with E-state index in [4.69, 9.17) is 10.8 Å². The highest BCUT2D eigenvalue weighted by Gasteiger charge is 2.11. The van der Waals surface area contributed by atoms with Crippen LogP contribution < -0.4 is 11.1 Å². The Labute approximate surface area is 101 Å². The lowest BCUT2D eigenvalue weighted by atomic mass is 10.1. The molecule has 1 rings (SSSR count). The van der Waals surface area contributed by atoms with Gasteiger partial charge in [0.2, 0.25) is 0 Å². The van der Waals surface area contributed by atoms with Crippen LogP contribution in [0.5, 0.6) is 0 Å². The molecule has 1 heterocycles. The quantitative estimate of drug-likeness (QED) is 0.704. The van der Waals surface area contributed by atoms with E-state index in [0.29, 0.717) is 29.9 Å². The molecule has 0 spiro atoms. The molecule has 0 radical (unpaired) electrons. The first-order valence-corrected chi connectivity index (χ1v) is 5.65. The van der Waals surface area contributed by atoms with Gasteiger partial charge >= 0.3 is 0 Å². The predicted molar refractivity (Wildman–Crippen MR) is 66.6 cm³/mol. The number of carbonyl (C=O) groups excluding carboxylic acids is 1. The number of nitrogens with one attached hydrogen (secondary N) is 1. The molecule has 4 N–H and O–H groups in total. The zero-order valence-corrected chi connectivity index (χ0v) is 10.2. The van der Waals surface area contributed by atoms with Crippen molar-refractivity contribution >= 4 is 11.6 Å². The Hall–Kier alpha value is -1.62. The van der Waals surface area contributed by atoms with Crippen LogP contribution in [0, 0.1) is 12.8 Å². The summed E-state index contributed by atoms with van der Waals surface area (Å²) in [7, 11) is 0. The molecule has 1 unspecified atom stereocenters. The van der Waals surface area contributed by atoms with Crippen LogP contribution in [-0.4, -0.2) is 29.1 Å². The molecule has 5 nitrogen and oxygen atoms in total. The molecule has 0 fully saturated rings. The summed E-state index contributed by atoms with van der Waals surface area (Å²) >= 11 is 0. The molecular formula is C12H19N3O2. The third kappa shape index (κ3) is 4.03. The van der Waals surface area contributed by atoms with Crippen molar-refractivity contribution in [2.24, 2.45) is 5.92 Å². The van der Waals surface area contributed by atoms with Crippen molar-refractivity contribution in [1.82, 2.24) is 10.3 Å². The number of rotatable bonds is 5. The van der Waals surface area contributed by atoms with Gasteiger partial charge in [0, 0.05) is 13.2 Å². The van der Waals surface area contributed by atoms with Crippen molar-refractivity contribution in [2.75, 3.05) is 18.9 Å². The molecule has 0 bridgehead atoms. The lowest BCUT2D eigenvalue weighted by Gasteiger charge is -2.12. The maximum atomic E-state index is 11.9. The van der Waals surface area contributed by atoms with Gasteiger partial charge in [-0.15, -0.1) is 0 Å². The second-order valence-corrected chi connectivity index (χ2v) is 4.23. The fourth-order valence-electron chi connectivity index (χ4n) is 1.46. The van der Waals surface area contributed by atoms with Crippen LogP contribution in [0.4, 0.5) is 5.69 Å². The average molecular weight is 237 g/mol. The van der Waals surface area contributed by atoms with Crippen molar-refractivity contribution < 1.29 is 9.90 Å². The summed E-state index contributed by atoms with van der Waals surface area (Å²) in [6.45, 7) is 4.41. The Morgan fingerprint density at radius 2 is 2.35 bits per heavy atom. The topological polar surface area (TPSA) is 88.2 Å². The van der Waals surface area contributed by atoms with Crippen LogP contribution >= 0.6 is 0 Å². The molecule has 0 aromatic carbocycles. The second-order valence-electron chi connectivity index (χ2n) is 4.23. The molecule has 94 valence electrons. The molecule has 0 saturated heterocycles. The Balaban J connectivity index is 2.61. The van der Waals surface area contributed by atoms with E-state index < -0.39 is 0 Å². The molecule has 1 aromatic heterocycles. The first kappa shape index (κ1) is 13.4. The Kier molecular flexibility index (Phi) is 4.90. The van der Waals surface area contributed by atoms with Gasteiger partial charge in [-0.1, -0.05) is 6.92 Å². The molecule has 5 heteroatoms. The van der Waals surface area contributed by atoms with Crippen LogP contribution in [0.2, 0.25) is 0 Å². The summed E-state index contributed by atoms with van der Waals surface area (Å²) in [5.74, 6) is 0.0744. The highest BCUT2D eigenvalue weighted by atomic mass is 16.3. The van der Waals surface area contributed by atoms with Crippen molar-refractivity contribution in [3.8, 4) is 0 Å². The number of amides is 1. The predicted octanol–water partition coefficient (Wildman–Crippen LogP) is 0.721. The number of pyridine rings is 1. The SMILES string of the molecule is Cc1ncc(N)cc1C(=O)NCC(C)CCO. The van der Waals surface area contributed by atoms with E-state index >= 15 is 0 Å². The van der Waals surface area contributed by atoms with Crippen molar-refractivity contribution in [3.63, 3.8) is 0 Å². The number of hydrogen-bond acceptors (Lipinski definition) is 4. The average Bonchev–Trinajstić information content (AvgIpc) is 2.29. The van der Waals surface area contributed by atoms with Gasteiger partial charge in [0.25, 0.3) is 5.91 Å². The summed E-state index contributed by atoms with van der Waals surface area (Å²) in [5, 5.41) is 11.6. The summed E-state index contributed by atoms with van der Waals surface area (Å²) in [4.78, 5) is 15.9. The molecule has 1 atom stereocenters. The molecule has 1 aromatic rings. The number of nitrogens with two attached hydrogens (primary N) is 1. The molecule has 1 amide bonds. The van der Waals surface area contributed by atoms with Crippen molar-refractivity contribution in [3.05, 3.63) is 23.5 Å². The van der Waals surface area contributed by atoms with Gasteiger partial charge in [0.05, 0.1) is 23.1 Å². The molecular weight excluding hydrogens is 218 g/mol. The zero-order chi connectivity index (χ0) is 12.8. The molecule has 17 heavy (non-hydrogen) atoms. The van der Waals surface area contributed by atoms with Crippen molar-refractivity contribution in [2.45, 2.75) is 20.3 Å². The van der Waals surface area contributed by atoms with E-state index in [1.54, 1.807) is 13.0 Å². The lowest BCUT2D eigenvalue weighted by Crippen LogP contribution is -2.29. The van der Waals surface area contributed by atoms with Crippen LogP contribution in [0.15, 0.2) is 12.3 Å². The normalized spacial score (nSPS) is 12.2. The summed E-state index contributed by atoms with van der Waals surface area (Å²) in [6, 6.07) is 1.62. The number of carbonyl (C=O) groups is 1. The zero-order valence-electron chi connectivity index (χ0n) is 10.2. The fourth-order valence-corrected chi connectivity index (χ4v) is 1.46. The van der Waals surface area contributed by atoms with E-state index in [1.165, 1.54) is 6.20 Å². The van der Waals surface area contributed by atoms with Gasteiger partial charge in [-0.3, -0.25) is 9.78 Å². The minimum Gasteiger partial charge on any atom is -0.397 e. The summed E-state index contributed by atoms with van der Waals surface area (Å²) in [6.07, 6.45) is 2.20. The van der Waals surface area contributed by atoms with E-state index in [-0.39, 0.29) is 18.4 Å². The number of aliphatic hydroxyl groups excluding tert-OH is 1. The van der Waals surface area contributed by atoms with Gasteiger partial charge in [-0.25, -0.2) is 0 Å². The number of nitrogens with zero attached hydrogens (tertiary/aromatic N) is 1. The van der Waals surface area contributed by atoms with Crippen LogP contribution in [0.3, 0.4) is 0 Å². The standard InChI is InChI=1S/C12H19N3O2/c1-8(3-4-16)6-15-12(17)11-5-10(13)7-14-9(11)2/h5,7-8,16H,3-4,6,13H2,1-2H3,(H,15,17). The Bertz CT molecular complexity index is 393. The second kappa shape index (κ2) is 6.20. The van der Waals surface area contributed by atoms with Crippen LogP contribution in [0.1, 0.15) is 29.4 Å². The number of aromatic nitrogens is 1. The maximum Gasteiger partial charge on any atom is 0.253 e. The van der Waals surface area contributed by atoms with Gasteiger partial charge < -0.3 is 16.2 Å². The monoisotopic (exact) mass is 237 g/mol. The number of nitrogen functional groups attached to an aromatic ring is 1. The largest absolute Gasteiger partial charge is 0.397 e. The highest BCUT2D eigenvalue weighted by molar-refractivity contribution is 5.95. The van der Waals surface area contributed by atoms with Crippen molar-refractivity contribution in [1.29, 1.82) is 0 Å². The molecule has 0 saturated carbocycles. The number of aryl methyl sites for hydroxylation is 1. The van der Waals surface area contributed by atoms with E-state index in [2.05, 4.69) is 10.3 Å². The summed E-state index contributed by atoms with van der Waals surface area (Å²) in [5.41, 5.74) is 7.23. The van der Waals surface area contributed by atoms with E-state index in [0.717, 1.165) is 0 Å². The third-order valence-electron chi connectivity index (χ3n) is 2.59. The Morgan fingerprint density at radius 1 is 1.65 bits per heavy atom. The third-order valence-corrected chi connectivity index (χ3v) is 2.59. The smallest absolute Gasteiger partial charge is 0.253 e. The minimum absolute atomic E-state index is 0.135. The van der Waals surface area contributed by atoms with Gasteiger partial charge in [-0.05, 0) is 25.3 Å². The number of aliphatic hydroxyl groups is 1. The fraction of sp³-hybridized carbons (Fsp3) is 0.500. The van der Waals surface area contributed by atoms with Crippen LogP contribution in [0.25, 0.3) is 0 Å². The molecule has 0 aliphatic carbocycles. The first-order chi connectivity index (χ1) is 8.04. The number of anilines is 1. The minimum atomic E-state index is -0.174.